The van der Waals surface area contributed by atoms with Gasteiger partial charge in [0.2, 0.25) is 0 Å². The number of amides is 1. The molecule has 148 valence electrons. The third-order valence-electron chi connectivity index (χ3n) is 4.64. The van der Waals surface area contributed by atoms with Gasteiger partial charge in [-0.1, -0.05) is 18.2 Å². The van der Waals surface area contributed by atoms with Crippen LogP contribution >= 0.6 is 11.6 Å². The van der Waals surface area contributed by atoms with Crippen molar-refractivity contribution in [3.63, 3.8) is 0 Å². The first-order valence-corrected chi connectivity index (χ1v) is 9.44. The summed E-state index contributed by atoms with van der Waals surface area (Å²) in [6.45, 7) is 7.54. The average Bonchev–Trinajstić information content (AvgIpc) is 3.47. The summed E-state index contributed by atoms with van der Waals surface area (Å²) < 4.78 is 15.2. The fourth-order valence-corrected chi connectivity index (χ4v) is 3.00. The van der Waals surface area contributed by atoms with E-state index in [-0.39, 0.29) is 11.3 Å². The van der Waals surface area contributed by atoms with Crippen molar-refractivity contribution in [3.8, 4) is 0 Å². The average molecular weight is 404 g/mol. The van der Waals surface area contributed by atoms with E-state index in [9.17, 15) is 4.79 Å². The zero-order chi connectivity index (χ0) is 20.3. The molecule has 1 aliphatic carbocycles. The smallest absolute Gasteiger partial charge is 0.277 e. The second-order valence-electron chi connectivity index (χ2n) is 6.90. The number of benzene rings is 2. The van der Waals surface area contributed by atoms with Gasteiger partial charge in [-0.3, -0.25) is 9.63 Å². The number of nitrogens with one attached hydrogen (secondary N) is 3. The fourth-order valence-electron chi connectivity index (χ4n) is 2.78. The number of rotatable bonds is 8. The highest BCUT2D eigenvalue weighted by atomic mass is 35.5. The number of hydrogen-bond acceptors (Lipinski definition) is 4. The van der Waals surface area contributed by atoms with Crippen LogP contribution in [0.1, 0.15) is 34.3 Å². The van der Waals surface area contributed by atoms with Crippen molar-refractivity contribution in [2.75, 3.05) is 17.2 Å². The summed E-state index contributed by atoms with van der Waals surface area (Å²) in [5.41, 5.74) is 4.92. The SMILES string of the molecule is C=CNc1cc(C(=O)NOCC2CC2)c(Nc2ccc(Cl)cc2C)c(F)c1C. The third-order valence-corrected chi connectivity index (χ3v) is 4.88. The number of aryl methyl sites for hydroxylation is 1. The van der Waals surface area contributed by atoms with Crippen molar-refractivity contribution in [2.24, 2.45) is 5.92 Å². The van der Waals surface area contributed by atoms with E-state index in [0.29, 0.717) is 34.5 Å². The summed E-state index contributed by atoms with van der Waals surface area (Å²) in [4.78, 5) is 18.0. The van der Waals surface area contributed by atoms with E-state index in [1.807, 2.05) is 6.92 Å². The first kappa shape index (κ1) is 20.2. The second-order valence-corrected chi connectivity index (χ2v) is 7.34. The van der Waals surface area contributed by atoms with E-state index >= 15 is 4.39 Å². The minimum atomic E-state index is -0.534. The number of hydroxylamine groups is 1. The van der Waals surface area contributed by atoms with Crippen LogP contribution in [0.2, 0.25) is 5.02 Å². The maximum Gasteiger partial charge on any atom is 0.277 e. The lowest BCUT2D eigenvalue weighted by Gasteiger charge is -2.18. The number of carbonyl (C=O) groups excluding carboxylic acids is 1. The van der Waals surface area contributed by atoms with Crippen LogP contribution in [0.4, 0.5) is 21.5 Å². The fraction of sp³-hybridized carbons (Fsp3) is 0.286. The van der Waals surface area contributed by atoms with E-state index in [1.54, 1.807) is 31.2 Å². The Hall–Kier alpha value is -2.57. The minimum absolute atomic E-state index is 0.0741. The molecule has 1 fully saturated rings. The van der Waals surface area contributed by atoms with Crippen LogP contribution in [0.25, 0.3) is 0 Å². The maximum atomic E-state index is 15.2. The Morgan fingerprint density at radius 2 is 2.07 bits per heavy atom. The molecule has 3 rings (SSSR count). The van der Waals surface area contributed by atoms with Gasteiger partial charge in [0.05, 0.1) is 17.9 Å². The van der Waals surface area contributed by atoms with Crippen LogP contribution in [0.15, 0.2) is 37.0 Å². The molecule has 0 unspecified atom stereocenters. The van der Waals surface area contributed by atoms with Gasteiger partial charge in [-0.05, 0) is 68.6 Å². The Morgan fingerprint density at radius 3 is 2.71 bits per heavy atom. The van der Waals surface area contributed by atoms with Gasteiger partial charge in [0.25, 0.3) is 5.91 Å². The van der Waals surface area contributed by atoms with Crippen LogP contribution in [0, 0.1) is 25.6 Å². The van der Waals surface area contributed by atoms with Crippen molar-refractivity contribution in [2.45, 2.75) is 26.7 Å². The lowest BCUT2D eigenvalue weighted by Crippen LogP contribution is -2.26. The molecule has 0 radical (unpaired) electrons. The third kappa shape index (κ3) is 4.64. The van der Waals surface area contributed by atoms with Crippen LogP contribution < -0.4 is 16.1 Å². The summed E-state index contributed by atoms with van der Waals surface area (Å²) in [5, 5.41) is 6.48. The van der Waals surface area contributed by atoms with Crippen LogP contribution in [0.3, 0.4) is 0 Å². The molecule has 1 saturated carbocycles. The van der Waals surface area contributed by atoms with E-state index < -0.39 is 11.7 Å². The zero-order valence-corrected chi connectivity index (χ0v) is 16.6. The van der Waals surface area contributed by atoms with Crippen molar-refractivity contribution < 1.29 is 14.0 Å². The molecular weight excluding hydrogens is 381 g/mol. The predicted octanol–water partition coefficient (Wildman–Crippen LogP) is 5.47. The quantitative estimate of drug-likeness (QED) is 0.512. The Balaban J connectivity index is 1.95. The molecule has 0 spiro atoms. The monoisotopic (exact) mass is 403 g/mol. The van der Waals surface area contributed by atoms with Gasteiger partial charge in [0.15, 0.2) is 5.82 Å². The summed E-state index contributed by atoms with van der Waals surface area (Å²) >= 11 is 6.00. The lowest BCUT2D eigenvalue weighted by molar-refractivity contribution is 0.0271. The topological polar surface area (TPSA) is 62.4 Å². The summed E-state index contributed by atoms with van der Waals surface area (Å²) in [6, 6.07) is 6.78. The number of halogens is 2. The molecule has 2 aromatic rings. The molecule has 0 bridgehead atoms. The molecule has 0 saturated heterocycles. The van der Waals surface area contributed by atoms with Crippen molar-refractivity contribution in [1.29, 1.82) is 0 Å². The van der Waals surface area contributed by atoms with Crippen LogP contribution in [-0.4, -0.2) is 12.5 Å². The number of hydrogen-bond donors (Lipinski definition) is 3. The lowest BCUT2D eigenvalue weighted by atomic mass is 10.0. The van der Waals surface area contributed by atoms with Crippen LogP contribution in [0.5, 0.6) is 0 Å². The molecule has 0 aliphatic heterocycles. The first-order valence-electron chi connectivity index (χ1n) is 9.06. The molecular formula is C21H23ClFN3O2. The maximum absolute atomic E-state index is 15.2. The molecule has 2 aromatic carbocycles. The molecule has 1 amide bonds. The van der Waals surface area contributed by atoms with Gasteiger partial charge in [0.1, 0.15) is 0 Å². The predicted molar refractivity (Wildman–Crippen MR) is 111 cm³/mol. The van der Waals surface area contributed by atoms with Crippen molar-refractivity contribution >= 4 is 34.6 Å². The highest BCUT2D eigenvalue weighted by molar-refractivity contribution is 6.30. The molecule has 28 heavy (non-hydrogen) atoms. The van der Waals surface area contributed by atoms with Gasteiger partial charge in [-0.2, -0.15) is 0 Å². The number of anilines is 3. The zero-order valence-electron chi connectivity index (χ0n) is 15.9. The van der Waals surface area contributed by atoms with E-state index in [0.717, 1.165) is 18.4 Å². The molecule has 5 nitrogen and oxygen atoms in total. The Bertz CT molecular complexity index is 913. The second kappa shape index (κ2) is 8.63. The van der Waals surface area contributed by atoms with Gasteiger partial charge in [0, 0.05) is 22.0 Å². The minimum Gasteiger partial charge on any atom is -0.362 e. The molecule has 0 aromatic heterocycles. The molecule has 1 aliphatic rings. The van der Waals surface area contributed by atoms with Crippen LogP contribution in [-0.2, 0) is 4.84 Å². The van der Waals surface area contributed by atoms with E-state index in [2.05, 4.69) is 22.7 Å². The largest absolute Gasteiger partial charge is 0.362 e. The Morgan fingerprint density at radius 1 is 1.32 bits per heavy atom. The highest BCUT2D eigenvalue weighted by Gasteiger charge is 2.24. The van der Waals surface area contributed by atoms with Gasteiger partial charge in [-0.15, -0.1) is 0 Å². The number of carbonyl (C=O) groups is 1. The molecule has 0 heterocycles. The van der Waals surface area contributed by atoms with Crippen molar-refractivity contribution in [3.05, 3.63) is 64.6 Å². The Labute approximate surface area is 168 Å². The Kier molecular flexibility index (Phi) is 6.21. The molecule has 3 N–H and O–H groups in total. The molecule has 7 heteroatoms. The standard InChI is InChI=1S/C21H23ClFN3O2/c1-4-24-18-10-16(21(27)26-28-11-14-5-6-14)20(19(23)13(18)3)25-17-8-7-15(22)9-12(17)2/h4,7-10,14,24-25H,1,5-6,11H2,2-3H3,(H,26,27). The summed E-state index contributed by atoms with van der Waals surface area (Å²) in [5.74, 6) is -0.573. The normalized spacial score (nSPS) is 13.1. The highest BCUT2D eigenvalue weighted by Crippen LogP contribution is 2.33. The summed E-state index contributed by atoms with van der Waals surface area (Å²) in [6.07, 6.45) is 3.64. The van der Waals surface area contributed by atoms with E-state index in [4.69, 9.17) is 16.4 Å². The first-order chi connectivity index (χ1) is 13.4. The van der Waals surface area contributed by atoms with Gasteiger partial charge >= 0.3 is 0 Å². The summed E-state index contributed by atoms with van der Waals surface area (Å²) in [7, 11) is 0. The van der Waals surface area contributed by atoms with Crippen molar-refractivity contribution in [1.82, 2.24) is 5.48 Å². The molecule has 0 atom stereocenters. The van der Waals surface area contributed by atoms with Gasteiger partial charge in [-0.25, -0.2) is 9.87 Å². The van der Waals surface area contributed by atoms with E-state index in [1.165, 1.54) is 6.20 Å². The van der Waals surface area contributed by atoms with Gasteiger partial charge < -0.3 is 10.6 Å².